The molecule has 2 aromatic heterocycles. The third kappa shape index (κ3) is 6.59. The fraction of sp³-hybridized carbons (Fsp3) is 0.517. The van der Waals surface area contributed by atoms with Gasteiger partial charge >= 0.3 is 0 Å². The van der Waals surface area contributed by atoms with Crippen LogP contribution in [0.15, 0.2) is 42.7 Å². The molecule has 0 atom stereocenters. The predicted molar refractivity (Wildman–Crippen MR) is 156 cm³/mol. The molecule has 14 heteroatoms. The van der Waals surface area contributed by atoms with Gasteiger partial charge < -0.3 is 14.9 Å². The summed E-state index contributed by atoms with van der Waals surface area (Å²) >= 11 is 0. The van der Waals surface area contributed by atoms with Crippen molar-refractivity contribution in [3.8, 4) is 16.8 Å². The maximum absolute atomic E-state index is 13.8. The van der Waals surface area contributed by atoms with E-state index in [-0.39, 0.29) is 31.7 Å². The van der Waals surface area contributed by atoms with Crippen molar-refractivity contribution in [2.45, 2.75) is 50.9 Å². The Morgan fingerprint density at radius 1 is 0.907 bits per heavy atom. The molecule has 1 saturated carbocycles. The molecule has 1 spiro atoms. The molecule has 2 saturated heterocycles. The first-order chi connectivity index (χ1) is 20.4. The van der Waals surface area contributed by atoms with E-state index in [0.29, 0.717) is 27.9 Å². The highest BCUT2D eigenvalue weighted by molar-refractivity contribution is 7.92. The standard InChI is InChI=1S/C29H34F4N6O3S/c30-27(31)23-15-20(16-26(35-23)38-11-7-29(32,33)8-12-38)21-18-34-39(19-21)24-2-1-22(36-43(41,42)14-13-40)17-25(24)37-9-5-28(3-4-28)6-10-37/h1-2,15-19,27,36,40H,3-14H2. The molecule has 0 amide bonds. The molecule has 0 bridgehead atoms. The summed E-state index contributed by atoms with van der Waals surface area (Å²) in [5, 5.41) is 13.7. The highest BCUT2D eigenvalue weighted by atomic mass is 32.2. The molecule has 43 heavy (non-hydrogen) atoms. The molecule has 3 aromatic rings. The maximum atomic E-state index is 13.8. The van der Waals surface area contributed by atoms with Crippen molar-refractivity contribution in [3.63, 3.8) is 0 Å². The summed E-state index contributed by atoms with van der Waals surface area (Å²) < 4.78 is 84.0. The summed E-state index contributed by atoms with van der Waals surface area (Å²) in [6, 6.07) is 8.03. The van der Waals surface area contributed by atoms with Gasteiger partial charge in [0.05, 0.1) is 35.6 Å². The minimum Gasteiger partial charge on any atom is -0.395 e. The first kappa shape index (κ1) is 29.7. The van der Waals surface area contributed by atoms with E-state index in [1.165, 1.54) is 18.9 Å². The Morgan fingerprint density at radius 3 is 2.26 bits per heavy atom. The second-order valence-corrected chi connectivity index (χ2v) is 13.6. The van der Waals surface area contributed by atoms with Crippen LogP contribution in [0.4, 0.5) is 34.8 Å². The molecule has 0 radical (unpaired) electrons. The normalized spacial score (nSPS) is 19.7. The average Bonchev–Trinajstić information content (AvgIpc) is 3.53. The third-order valence-corrected chi connectivity index (χ3v) is 10.0. The van der Waals surface area contributed by atoms with E-state index in [1.54, 1.807) is 46.2 Å². The highest BCUT2D eigenvalue weighted by Gasteiger charge is 2.44. The van der Waals surface area contributed by atoms with Crippen LogP contribution in [0.5, 0.6) is 0 Å². The summed E-state index contributed by atoms with van der Waals surface area (Å²) in [7, 11) is -3.74. The molecule has 6 rings (SSSR count). The van der Waals surface area contributed by atoms with Crippen molar-refractivity contribution >= 4 is 27.2 Å². The van der Waals surface area contributed by atoms with Crippen LogP contribution >= 0.6 is 0 Å². The minimum absolute atomic E-state index is 0.0142. The first-order valence-corrected chi connectivity index (χ1v) is 16.1. The Labute approximate surface area is 247 Å². The maximum Gasteiger partial charge on any atom is 0.280 e. The number of anilines is 3. The second kappa shape index (κ2) is 11.3. The van der Waals surface area contributed by atoms with Gasteiger partial charge in [-0.05, 0) is 67.0 Å². The van der Waals surface area contributed by atoms with Crippen LogP contribution in [0.25, 0.3) is 16.8 Å². The van der Waals surface area contributed by atoms with E-state index in [4.69, 9.17) is 5.11 Å². The third-order valence-electron chi connectivity index (χ3n) is 8.77. The Bertz CT molecular complexity index is 1570. The number of halogens is 4. The molecule has 4 heterocycles. The van der Waals surface area contributed by atoms with Gasteiger partial charge in [0.1, 0.15) is 11.5 Å². The van der Waals surface area contributed by atoms with Gasteiger partial charge in [-0.25, -0.2) is 35.6 Å². The van der Waals surface area contributed by atoms with Crippen LogP contribution in [0, 0.1) is 5.41 Å². The Kier molecular flexibility index (Phi) is 7.78. The van der Waals surface area contributed by atoms with Crippen LogP contribution in [0.3, 0.4) is 0 Å². The lowest BCUT2D eigenvalue weighted by Crippen LogP contribution is -2.39. The fourth-order valence-electron chi connectivity index (χ4n) is 5.93. The zero-order chi connectivity index (χ0) is 30.4. The van der Waals surface area contributed by atoms with Crippen molar-refractivity contribution < 1.29 is 31.1 Å². The number of pyridine rings is 1. The average molecular weight is 623 g/mol. The van der Waals surface area contributed by atoms with Gasteiger partial charge in [-0.3, -0.25) is 4.72 Å². The van der Waals surface area contributed by atoms with Crippen molar-refractivity contribution in [2.75, 3.05) is 53.1 Å². The van der Waals surface area contributed by atoms with E-state index in [9.17, 15) is 26.0 Å². The van der Waals surface area contributed by atoms with Gasteiger partial charge in [0, 0.05) is 50.8 Å². The number of nitrogens with zero attached hydrogens (tertiary/aromatic N) is 5. The Morgan fingerprint density at radius 2 is 1.60 bits per heavy atom. The number of aliphatic hydroxyl groups is 1. The number of aromatic nitrogens is 3. The van der Waals surface area contributed by atoms with Crippen LogP contribution < -0.4 is 14.5 Å². The van der Waals surface area contributed by atoms with Crippen molar-refractivity contribution in [2.24, 2.45) is 5.41 Å². The smallest absolute Gasteiger partial charge is 0.280 e. The zero-order valence-electron chi connectivity index (χ0n) is 23.5. The summed E-state index contributed by atoms with van der Waals surface area (Å²) in [6.07, 6.45) is 4.21. The summed E-state index contributed by atoms with van der Waals surface area (Å²) in [6.45, 7) is 1.13. The molecule has 0 unspecified atom stereocenters. The Hall–Kier alpha value is -3.39. The number of alkyl halides is 4. The number of benzene rings is 1. The largest absolute Gasteiger partial charge is 0.395 e. The lowest BCUT2D eigenvalue weighted by molar-refractivity contribution is -0.0221. The minimum atomic E-state index is -3.74. The van der Waals surface area contributed by atoms with Crippen LogP contribution in [-0.4, -0.2) is 72.8 Å². The van der Waals surface area contributed by atoms with E-state index < -0.39 is 40.4 Å². The van der Waals surface area contributed by atoms with E-state index >= 15 is 0 Å². The molecule has 9 nitrogen and oxygen atoms in total. The molecule has 1 aliphatic carbocycles. The van der Waals surface area contributed by atoms with Gasteiger partial charge in [-0.15, -0.1) is 0 Å². The Balaban J connectivity index is 1.33. The summed E-state index contributed by atoms with van der Waals surface area (Å²) in [5.41, 5.74) is 2.77. The number of rotatable bonds is 9. The lowest BCUT2D eigenvalue weighted by Gasteiger charge is -2.35. The zero-order valence-corrected chi connectivity index (χ0v) is 24.3. The van der Waals surface area contributed by atoms with Gasteiger partial charge in [0.15, 0.2) is 0 Å². The lowest BCUT2D eigenvalue weighted by atomic mass is 9.93. The summed E-state index contributed by atoms with van der Waals surface area (Å²) in [4.78, 5) is 7.87. The van der Waals surface area contributed by atoms with Crippen molar-refractivity contribution in [3.05, 3.63) is 48.4 Å². The molecule has 3 fully saturated rings. The quantitative estimate of drug-likeness (QED) is 0.316. The number of piperidine rings is 2. The van der Waals surface area contributed by atoms with Crippen molar-refractivity contribution in [1.82, 2.24) is 14.8 Å². The van der Waals surface area contributed by atoms with Gasteiger partial charge in [0.25, 0.3) is 12.3 Å². The van der Waals surface area contributed by atoms with Gasteiger partial charge in [-0.2, -0.15) is 5.10 Å². The molecule has 2 aliphatic heterocycles. The van der Waals surface area contributed by atoms with Gasteiger partial charge in [0.2, 0.25) is 10.0 Å². The fourth-order valence-corrected chi connectivity index (χ4v) is 6.76. The van der Waals surface area contributed by atoms with Crippen LogP contribution in [0.2, 0.25) is 0 Å². The van der Waals surface area contributed by atoms with Crippen LogP contribution in [-0.2, 0) is 10.0 Å². The van der Waals surface area contributed by atoms with E-state index in [1.807, 2.05) is 0 Å². The van der Waals surface area contributed by atoms with Crippen LogP contribution in [0.1, 0.15) is 50.6 Å². The SMILES string of the molecule is O=S(=O)(CCO)Nc1ccc(-n2cc(-c3cc(C(F)F)nc(N4CCC(F)(F)CC4)c3)cn2)c(N2CCC3(CC2)CC3)c1. The van der Waals surface area contributed by atoms with Gasteiger partial charge in [-0.1, -0.05) is 0 Å². The molecular weight excluding hydrogens is 588 g/mol. The molecule has 2 N–H and O–H groups in total. The number of sulfonamides is 1. The molecular formula is C29H34F4N6O3S. The number of nitrogens with one attached hydrogen (secondary N) is 1. The highest BCUT2D eigenvalue weighted by Crippen LogP contribution is 2.54. The molecule has 3 aliphatic rings. The number of hydrogen-bond donors (Lipinski definition) is 2. The monoisotopic (exact) mass is 622 g/mol. The molecule has 1 aromatic carbocycles. The van der Waals surface area contributed by atoms with Crippen molar-refractivity contribution in [1.29, 1.82) is 0 Å². The first-order valence-electron chi connectivity index (χ1n) is 14.4. The van der Waals surface area contributed by atoms with E-state index in [2.05, 4.69) is 19.7 Å². The second-order valence-electron chi connectivity index (χ2n) is 11.8. The molecule has 232 valence electrons. The summed E-state index contributed by atoms with van der Waals surface area (Å²) in [5.74, 6) is -2.98. The van der Waals surface area contributed by atoms with E-state index in [0.717, 1.165) is 31.6 Å². The number of aliphatic hydroxyl groups excluding tert-OH is 1. The predicted octanol–water partition coefficient (Wildman–Crippen LogP) is 5.22. The topological polar surface area (TPSA) is 104 Å². The number of hydrogen-bond acceptors (Lipinski definition) is 7.